The summed E-state index contributed by atoms with van der Waals surface area (Å²) >= 11 is 0. The lowest BCUT2D eigenvalue weighted by Gasteiger charge is -2.45. The standard InChI is InChI=1S/C27H49NO2Si/c1-19(2)31(20(3)4,21(5)6)18-23-24-16-12-9-13-17-27(24,26(29)25(23)30-7)28-22-14-10-8-11-15-22/h19-22,24,28H,8-18H2,1-7H3/t24-,27+/m1/s1. The highest BCUT2D eigenvalue weighted by atomic mass is 28.3. The molecule has 0 aromatic rings. The van der Waals surface area contributed by atoms with Crippen LogP contribution in [-0.2, 0) is 9.53 Å². The lowest BCUT2D eigenvalue weighted by Crippen LogP contribution is -2.58. The minimum Gasteiger partial charge on any atom is -0.493 e. The highest BCUT2D eigenvalue weighted by Crippen LogP contribution is 2.54. The molecule has 178 valence electrons. The monoisotopic (exact) mass is 447 g/mol. The summed E-state index contributed by atoms with van der Waals surface area (Å²) in [4.78, 5) is 14.1. The molecule has 2 fully saturated rings. The predicted molar refractivity (Wildman–Crippen MR) is 134 cm³/mol. The number of nitrogens with one attached hydrogen (secondary N) is 1. The number of ketones is 1. The van der Waals surface area contributed by atoms with E-state index in [1.165, 1.54) is 50.5 Å². The van der Waals surface area contributed by atoms with Gasteiger partial charge in [-0.15, -0.1) is 0 Å². The Morgan fingerprint density at radius 1 is 0.903 bits per heavy atom. The van der Waals surface area contributed by atoms with Crippen molar-refractivity contribution in [2.45, 2.75) is 140 Å². The topological polar surface area (TPSA) is 38.3 Å². The average molecular weight is 448 g/mol. The van der Waals surface area contributed by atoms with Gasteiger partial charge in [0.05, 0.1) is 20.7 Å². The Morgan fingerprint density at radius 3 is 2.00 bits per heavy atom. The maximum atomic E-state index is 14.1. The molecule has 31 heavy (non-hydrogen) atoms. The van der Waals surface area contributed by atoms with Gasteiger partial charge in [-0.2, -0.15) is 0 Å². The van der Waals surface area contributed by atoms with Crippen LogP contribution in [0, 0.1) is 5.92 Å². The molecule has 4 heteroatoms. The number of fused-ring (bicyclic) bond motifs is 1. The fourth-order valence-corrected chi connectivity index (χ4v) is 14.1. The number of carbonyl (C=O) groups is 1. The molecule has 3 aliphatic rings. The molecule has 0 saturated heterocycles. The van der Waals surface area contributed by atoms with Gasteiger partial charge in [0.2, 0.25) is 5.78 Å². The van der Waals surface area contributed by atoms with Crippen LogP contribution in [-0.4, -0.2) is 32.5 Å². The van der Waals surface area contributed by atoms with Gasteiger partial charge in [-0.05, 0) is 37.3 Å². The summed E-state index contributed by atoms with van der Waals surface area (Å²) in [5.74, 6) is 1.37. The van der Waals surface area contributed by atoms with Gasteiger partial charge in [0, 0.05) is 12.0 Å². The SMILES string of the molecule is COC1=C(C[Si](C(C)C)(C(C)C)C(C)C)[C@H]2CCCCC[C@@]2(NC2CCCCC2)C1=O. The first-order chi connectivity index (χ1) is 14.7. The second-order valence-electron chi connectivity index (χ2n) is 11.7. The predicted octanol–water partition coefficient (Wildman–Crippen LogP) is 7.39. The van der Waals surface area contributed by atoms with Gasteiger partial charge in [-0.3, -0.25) is 4.79 Å². The maximum Gasteiger partial charge on any atom is 0.217 e. The van der Waals surface area contributed by atoms with Crippen LogP contribution in [0.2, 0.25) is 22.7 Å². The van der Waals surface area contributed by atoms with Gasteiger partial charge < -0.3 is 10.1 Å². The lowest BCUT2D eigenvalue weighted by atomic mass is 9.77. The van der Waals surface area contributed by atoms with Gasteiger partial charge in [-0.25, -0.2) is 0 Å². The molecule has 2 atom stereocenters. The van der Waals surface area contributed by atoms with Crippen molar-refractivity contribution in [3.05, 3.63) is 11.3 Å². The molecule has 0 heterocycles. The molecule has 3 nitrogen and oxygen atoms in total. The normalized spacial score (nSPS) is 28.6. The molecule has 0 spiro atoms. The van der Waals surface area contributed by atoms with Gasteiger partial charge in [-0.1, -0.05) is 96.7 Å². The molecule has 0 amide bonds. The number of methoxy groups -OCH3 is 1. The molecular formula is C27H49NO2Si. The Bertz CT molecular complexity index is 640. The Balaban J connectivity index is 2.04. The summed E-state index contributed by atoms with van der Waals surface area (Å²) in [6.07, 6.45) is 12.2. The third kappa shape index (κ3) is 4.45. The minimum atomic E-state index is -1.68. The van der Waals surface area contributed by atoms with E-state index in [1.807, 2.05) is 0 Å². The van der Waals surface area contributed by atoms with Crippen molar-refractivity contribution in [1.29, 1.82) is 0 Å². The van der Waals surface area contributed by atoms with Crippen molar-refractivity contribution in [1.82, 2.24) is 5.32 Å². The van der Waals surface area contributed by atoms with E-state index in [1.54, 1.807) is 7.11 Å². The van der Waals surface area contributed by atoms with E-state index in [2.05, 4.69) is 46.9 Å². The number of hydrogen-bond donors (Lipinski definition) is 1. The lowest BCUT2D eigenvalue weighted by molar-refractivity contribution is -0.125. The first kappa shape index (κ1) is 25.0. The highest BCUT2D eigenvalue weighted by molar-refractivity contribution is 6.84. The van der Waals surface area contributed by atoms with Gasteiger partial charge >= 0.3 is 0 Å². The maximum absolute atomic E-state index is 14.1. The van der Waals surface area contributed by atoms with Gasteiger partial charge in [0.25, 0.3) is 0 Å². The molecule has 0 radical (unpaired) electrons. The molecule has 1 N–H and O–H groups in total. The number of rotatable bonds is 8. The summed E-state index contributed by atoms with van der Waals surface area (Å²) in [7, 11) is 0.0700. The molecular weight excluding hydrogens is 398 g/mol. The van der Waals surface area contributed by atoms with E-state index >= 15 is 0 Å². The van der Waals surface area contributed by atoms with E-state index in [4.69, 9.17) is 4.74 Å². The van der Waals surface area contributed by atoms with E-state index in [9.17, 15) is 4.79 Å². The Labute approximate surface area is 193 Å². The van der Waals surface area contributed by atoms with E-state index in [0.29, 0.717) is 34.4 Å². The molecule has 0 aliphatic heterocycles. The largest absolute Gasteiger partial charge is 0.493 e. The van der Waals surface area contributed by atoms with Gasteiger partial charge in [0.1, 0.15) is 0 Å². The van der Waals surface area contributed by atoms with Crippen molar-refractivity contribution >= 4 is 13.9 Å². The van der Waals surface area contributed by atoms with Crippen LogP contribution in [0.1, 0.15) is 106 Å². The second-order valence-corrected chi connectivity index (χ2v) is 17.8. The number of Topliss-reactive ketones (excluding diaryl/α,β-unsaturated/α-hetero) is 1. The van der Waals surface area contributed by atoms with Crippen molar-refractivity contribution in [2.24, 2.45) is 5.92 Å². The van der Waals surface area contributed by atoms with Crippen molar-refractivity contribution < 1.29 is 9.53 Å². The Kier molecular flexibility index (Phi) is 8.16. The third-order valence-corrected chi connectivity index (χ3v) is 16.9. The third-order valence-electron chi connectivity index (χ3n) is 9.47. The Hall–Kier alpha value is -0.613. The zero-order chi connectivity index (χ0) is 22.8. The van der Waals surface area contributed by atoms with E-state index in [-0.39, 0.29) is 0 Å². The summed E-state index contributed by atoms with van der Waals surface area (Å²) in [5.41, 5.74) is 3.09. The summed E-state index contributed by atoms with van der Waals surface area (Å²) in [6.45, 7) is 14.6. The van der Waals surface area contributed by atoms with Crippen molar-refractivity contribution in [2.75, 3.05) is 7.11 Å². The minimum absolute atomic E-state index is 0.293. The van der Waals surface area contributed by atoms with Crippen molar-refractivity contribution in [3.63, 3.8) is 0 Å². The molecule has 3 aliphatic carbocycles. The van der Waals surface area contributed by atoms with E-state index < -0.39 is 13.6 Å². The average Bonchev–Trinajstić information content (AvgIpc) is 2.85. The first-order valence-corrected chi connectivity index (χ1v) is 15.7. The van der Waals surface area contributed by atoms with E-state index in [0.717, 1.165) is 31.1 Å². The second kappa shape index (κ2) is 10.1. The molecule has 0 unspecified atom stereocenters. The van der Waals surface area contributed by atoms with Crippen LogP contribution in [0.15, 0.2) is 11.3 Å². The molecule has 0 bridgehead atoms. The number of hydrogen-bond acceptors (Lipinski definition) is 3. The highest BCUT2D eigenvalue weighted by Gasteiger charge is 2.57. The Morgan fingerprint density at radius 2 is 1.45 bits per heavy atom. The summed E-state index contributed by atoms with van der Waals surface area (Å²) in [5, 5.41) is 4.03. The number of ether oxygens (including phenoxy) is 1. The zero-order valence-corrected chi connectivity index (χ0v) is 22.5. The molecule has 0 aromatic carbocycles. The first-order valence-electron chi connectivity index (χ1n) is 13.3. The van der Waals surface area contributed by atoms with Crippen LogP contribution in [0.5, 0.6) is 0 Å². The van der Waals surface area contributed by atoms with Gasteiger partial charge in [0.15, 0.2) is 5.76 Å². The molecule has 0 aromatic heterocycles. The van der Waals surface area contributed by atoms with Crippen LogP contribution < -0.4 is 5.32 Å². The summed E-state index contributed by atoms with van der Waals surface area (Å²) in [6, 6.07) is 1.63. The van der Waals surface area contributed by atoms with Crippen LogP contribution >= 0.6 is 0 Å². The van der Waals surface area contributed by atoms with Crippen molar-refractivity contribution in [3.8, 4) is 0 Å². The zero-order valence-electron chi connectivity index (χ0n) is 21.5. The fraction of sp³-hybridized carbons (Fsp3) is 0.889. The van der Waals surface area contributed by atoms with Crippen LogP contribution in [0.25, 0.3) is 0 Å². The fourth-order valence-electron chi connectivity index (χ4n) is 7.82. The molecule has 3 rings (SSSR count). The smallest absolute Gasteiger partial charge is 0.217 e. The van der Waals surface area contributed by atoms with Crippen LogP contribution in [0.3, 0.4) is 0 Å². The molecule has 2 saturated carbocycles. The summed E-state index contributed by atoms with van der Waals surface area (Å²) < 4.78 is 5.98. The quantitative estimate of drug-likeness (QED) is 0.394. The van der Waals surface area contributed by atoms with Crippen LogP contribution in [0.4, 0.5) is 0 Å². The number of carbonyl (C=O) groups excluding carboxylic acids is 1.